The monoisotopic (exact) mass is 405 g/mol. The van der Waals surface area contributed by atoms with Gasteiger partial charge >= 0.3 is 5.97 Å². The van der Waals surface area contributed by atoms with Gasteiger partial charge in [0.25, 0.3) is 0 Å². The van der Waals surface area contributed by atoms with Crippen LogP contribution in [0.25, 0.3) is 11.1 Å². The molecule has 156 valence electrons. The lowest BCUT2D eigenvalue weighted by molar-refractivity contribution is 0.0697. The fourth-order valence-corrected chi connectivity index (χ4v) is 3.36. The van der Waals surface area contributed by atoms with Crippen LogP contribution < -0.4 is 0 Å². The highest BCUT2D eigenvalue weighted by Crippen LogP contribution is 2.25. The average molecular weight is 405 g/mol. The Bertz CT molecular complexity index is 1060. The molecule has 1 N–H and O–H groups in total. The van der Waals surface area contributed by atoms with Crippen LogP contribution in [0.5, 0.6) is 0 Å². The van der Waals surface area contributed by atoms with Crippen molar-refractivity contribution in [3.63, 3.8) is 0 Å². The number of carbonyl (C=O) groups excluding carboxylic acids is 1. The van der Waals surface area contributed by atoms with Gasteiger partial charge in [0.1, 0.15) is 5.82 Å². The molecule has 30 heavy (non-hydrogen) atoms. The van der Waals surface area contributed by atoms with Gasteiger partial charge in [0.15, 0.2) is 0 Å². The summed E-state index contributed by atoms with van der Waals surface area (Å²) in [6, 6.07) is 14.7. The Morgan fingerprint density at radius 1 is 1.03 bits per heavy atom. The van der Waals surface area contributed by atoms with E-state index in [1.807, 2.05) is 62.7 Å². The van der Waals surface area contributed by atoms with Crippen molar-refractivity contribution in [2.24, 2.45) is 0 Å². The number of rotatable bonds is 7. The summed E-state index contributed by atoms with van der Waals surface area (Å²) in [5.41, 5.74) is 2.51. The van der Waals surface area contributed by atoms with Crippen molar-refractivity contribution >= 4 is 11.8 Å². The van der Waals surface area contributed by atoms with Crippen molar-refractivity contribution in [2.45, 2.75) is 52.5 Å². The normalized spacial score (nSPS) is 11.5. The van der Waals surface area contributed by atoms with Crippen molar-refractivity contribution in [1.29, 1.82) is 0 Å². The van der Waals surface area contributed by atoms with E-state index in [9.17, 15) is 14.7 Å². The van der Waals surface area contributed by atoms with Crippen molar-refractivity contribution in [1.82, 2.24) is 14.8 Å². The second kappa shape index (κ2) is 8.61. The fourth-order valence-electron chi connectivity index (χ4n) is 3.36. The maximum atomic E-state index is 12.3. The zero-order valence-corrected chi connectivity index (χ0v) is 17.8. The van der Waals surface area contributed by atoms with Crippen molar-refractivity contribution in [3.8, 4) is 11.1 Å². The summed E-state index contributed by atoms with van der Waals surface area (Å²) in [6.07, 6.45) is 1.73. The summed E-state index contributed by atoms with van der Waals surface area (Å²) in [6.45, 7) is 8.06. The Morgan fingerprint density at radius 3 is 2.30 bits per heavy atom. The maximum absolute atomic E-state index is 12.3. The third-order valence-corrected chi connectivity index (χ3v) is 4.82. The largest absolute Gasteiger partial charge is 0.478 e. The molecule has 2 aromatic carbocycles. The van der Waals surface area contributed by atoms with Crippen LogP contribution in [0.4, 0.5) is 0 Å². The van der Waals surface area contributed by atoms with Crippen molar-refractivity contribution in [3.05, 3.63) is 71.3 Å². The number of hydrogen-bond donors (Lipinski definition) is 1. The first kappa shape index (κ1) is 21.4. The Balaban J connectivity index is 1.91. The van der Waals surface area contributed by atoms with Crippen LogP contribution in [0.1, 0.15) is 72.9 Å². The Hall–Kier alpha value is -3.28. The van der Waals surface area contributed by atoms with Gasteiger partial charge in [-0.05, 0) is 49.9 Å². The first-order valence-electron chi connectivity index (χ1n) is 10.1. The van der Waals surface area contributed by atoms with Crippen LogP contribution in [0, 0.1) is 0 Å². The highest BCUT2D eigenvalue weighted by molar-refractivity contribution is 5.96. The van der Waals surface area contributed by atoms with Crippen LogP contribution >= 0.6 is 0 Å². The smallest absolute Gasteiger partial charge is 0.336 e. The van der Waals surface area contributed by atoms with Gasteiger partial charge < -0.3 is 5.11 Å². The molecule has 6 nitrogen and oxygen atoms in total. The minimum absolute atomic E-state index is 0.0395. The van der Waals surface area contributed by atoms with Crippen LogP contribution in [-0.2, 0) is 12.0 Å². The molecule has 0 radical (unpaired) electrons. The zero-order valence-electron chi connectivity index (χ0n) is 17.8. The van der Waals surface area contributed by atoms with Crippen molar-refractivity contribution < 1.29 is 14.7 Å². The van der Waals surface area contributed by atoms with Crippen LogP contribution in [0.3, 0.4) is 0 Å². The molecular formula is C24H27N3O3. The quantitative estimate of drug-likeness (QED) is 0.561. The lowest BCUT2D eigenvalue weighted by atomic mass is 9.98. The van der Waals surface area contributed by atoms with E-state index in [0.29, 0.717) is 18.4 Å². The molecule has 3 rings (SSSR count). The summed E-state index contributed by atoms with van der Waals surface area (Å²) < 4.78 is 1.82. The fraction of sp³-hybridized carbons (Fsp3) is 0.333. The number of hydrogen-bond acceptors (Lipinski definition) is 4. The number of carbonyl (C=O) groups is 2. The second-order valence-electron chi connectivity index (χ2n) is 8.33. The summed E-state index contributed by atoms with van der Waals surface area (Å²) in [5.74, 6) is 0.0222. The average Bonchev–Trinajstić information content (AvgIpc) is 3.13. The number of carboxylic acid groups (broad SMARTS) is 1. The third kappa shape index (κ3) is 4.64. The molecule has 0 saturated heterocycles. The molecule has 0 fully saturated rings. The van der Waals surface area contributed by atoms with Gasteiger partial charge in [-0.25, -0.2) is 14.5 Å². The van der Waals surface area contributed by atoms with Crippen LogP contribution in [0.2, 0.25) is 0 Å². The van der Waals surface area contributed by atoms with E-state index >= 15 is 0 Å². The Kier molecular flexibility index (Phi) is 6.15. The van der Waals surface area contributed by atoms with Gasteiger partial charge in [0, 0.05) is 12.8 Å². The molecule has 0 bridgehead atoms. The number of Topliss-reactive ketones (excluding diaryl/α,β-unsaturated/α-hetero) is 1. The standard InChI is InChI=1S/C24H27N3O3/c1-5-8-20(28)22-25-21(27(26-22)24(2,3)4)15-16-11-13-17(14-12-16)18-9-6-7-10-19(18)23(29)30/h6-7,9-14H,5,8,15H2,1-4H3,(H,29,30). The molecule has 1 heterocycles. The first-order chi connectivity index (χ1) is 14.2. The maximum Gasteiger partial charge on any atom is 0.336 e. The predicted octanol–water partition coefficient (Wildman–Crippen LogP) is 4.97. The minimum atomic E-state index is -0.947. The Morgan fingerprint density at radius 2 is 1.70 bits per heavy atom. The van der Waals surface area contributed by atoms with E-state index in [-0.39, 0.29) is 22.7 Å². The highest BCUT2D eigenvalue weighted by Gasteiger charge is 2.23. The number of nitrogens with zero attached hydrogens (tertiary/aromatic N) is 3. The van der Waals surface area contributed by atoms with E-state index in [0.717, 1.165) is 23.4 Å². The molecule has 0 saturated carbocycles. The van der Waals surface area contributed by atoms with Crippen LogP contribution in [-0.4, -0.2) is 31.6 Å². The molecule has 0 atom stereocenters. The number of benzene rings is 2. The first-order valence-corrected chi connectivity index (χ1v) is 10.1. The zero-order chi connectivity index (χ0) is 21.9. The molecule has 0 amide bonds. The molecule has 0 aliphatic heterocycles. The number of aromatic nitrogens is 3. The summed E-state index contributed by atoms with van der Waals surface area (Å²) in [7, 11) is 0. The topological polar surface area (TPSA) is 85.1 Å². The third-order valence-electron chi connectivity index (χ3n) is 4.82. The lowest BCUT2D eigenvalue weighted by Crippen LogP contribution is -2.26. The molecule has 0 unspecified atom stereocenters. The molecule has 0 aliphatic rings. The van der Waals surface area contributed by atoms with Gasteiger partial charge in [-0.2, -0.15) is 0 Å². The molecule has 3 aromatic rings. The summed E-state index contributed by atoms with van der Waals surface area (Å²) in [5, 5.41) is 13.9. The lowest BCUT2D eigenvalue weighted by Gasteiger charge is -2.21. The molecule has 1 aromatic heterocycles. The van der Waals surface area contributed by atoms with Gasteiger partial charge in [-0.3, -0.25) is 4.79 Å². The van der Waals surface area contributed by atoms with E-state index in [1.165, 1.54) is 0 Å². The SMILES string of the molecule is CCCC(=O)c1nc(Cc2ccc(-c3ccccc3C(=O)O)cc2)n(C(C)(C)C)n1. The van der Waals surface area contributed by atoms with E-state index in [1.54, 1.807) is 18.2 Å². The molecule has 6 heteroatoms. The van der Waals surface area contributed by atoms with Gasteiger partial charge in [0.05, 0.1) is 11.1 Å². The highest BCUT2D eigenvalue weighted by atomic mass is 16.4. The molecular weight excluding hydrogens is 378 g/mol. The van der Waals surface area contributed by atoms with E-state index < -0.39 is 5.97 Å². The number of aromatic carboxylic acids is 1. The molecule has 0 spiro atoms. The van der Waals surface area contributed by atoms with Crippen molar-refractivity contribution in [2.75, 3.05) is 0 Å². The summed E-state index contributed by atoms with van der Waals surface area (Å²) >= 11 is 0. The van der Waals surface area contributed by atoms with Gasteiger partial charge in [-0.1, -0.05) is 49.4 Å². The minimum Gasteiger partial charge on any atom is -0.478 e. The van der Waals surface area contributed by atoms with E-state index in [2.05, 4.69) is 10.1 Å². The van der Waals surface area contributed by atoms with Gasteiger partial charge in [-0.15, -0.1) is 5.10 Å². The van der Waals surface area contributed by atoms with Gasteiger partial charge in [0.2, 0.25) is 11.6 Å². The second-order valence-corrected chi connectivity index (χ2v) is 8.33. The number of ketones is 1. The van der Waals surface area contributed by atoms with E-state index in [4.69, 9.17) is 0 Å². The number of carboxylic acids is 1. The summed E-state index contributed by atoms with van der Waals surface area (Å²) in [4.78, 5) is 28.3. The molecule has 0 aliphatic carbocycles. The Labute approximate surface area is 176 Å². The van der Waals surface area contributed by atoms with Crippen LogP contribution in [0.15, 0.2) is 48.5 Å². The predicted molar refractivity (Wildman–Crippen MR) is 116 cm³/mol.